The lowest BCUT2D eigenvalue weighted by molar-refractivity contribution is -0.119. The van der Waals surface area contributed by atoms with Crippen LogP contribution in [0.2, 0.25) is 0 Å². The van der Waals surface area contributed by atoms with Crippen LogP contribution in [0.25, 0.3) is 0 Å². The van der Waals surface area contributed by atoms with Crippen molar-refractivity contribution in [3.05, 3.63) is 23.4 Å². The molecule has 0 bridgehead atoms. The van der Waals surface area contributed by atoms with Crippen molar-refractivity contribution in [2.24, 2.45) is 0 Å². The second-order valence-electron chi connectivity index (χ2n) is 5.04. The molecular formula is C13H18F3N3. The van der Waals surface area contributed by atoms with E-state index in [9.17, 15) is 13.2 Å². The van der Waals surface area contributed by atoms with Crippen LogP contribution in [0.4, 0.5) is 19.0 Å². The first-order valence-electron chi connectivity index (χ1n) is 6.33. The van der Waals surface area contributed by atoms with E-state index in [0.717, 1.165) is 22.7 Å². The van der Waals surface area contributed by atoms with Crippen molar-refractivity contribution < 1.29 is 13.2 Å². The van der Waals surface area contributed by atoms with Crippen molar-refractivity contribution >= 4 is 5.82 Å². The second kappa shape index (κ2) is 5.36. The molecule has 0 atom stereocenters. The minimum Gasteiger partial charge on any atom is -0.351 e. The first-order valence-corrected chi connectivity index (χ1v) is 6.33. The number of aryl methyl sites for hydroxylation is 1. The summed E-state index contributed by atoms with van der Waals surface area (Å²) in [5, 5.41) is 3.37. The van der Waals surface area contributed by atoms with Gasteiger partial charge in [-0.3, -0.25) is 0 Å². The summed E-state index contributed by atoms with van der Waals surface area (Å²) in [5.41, 5.74) is 1.82. The number of rotatable bonds is 5. The topological polar surface area (TPSA) is 28.2 Å². The lowest BCUT2D eigenvalue weighted by atomic mass is 10.2. The summed E-state index contributed by atoms with van der Waals surface area (Å²) in [4.78, 5) is 5.36. The van der Waals surface area contributed by atoms with Crippen molar-refractivity contribution in [1.82, 2.24) is 10.3 Å². The third-order valence-corrected chi connectivity index (χ3v) is 3.15. The summed E-state index contributed by atoms with van der Waals surface area (Å²) in [6.45, 7) is 1.57. The molecule has 0 saturated heterocycles. The molecule has 1 heterocycles. The highest BCUT2D eigenvalue weighted by Crippen LogP contribution is 2.22. The highest BCUT2D eigenvalue weighted by atomic mass is 19.4. The van der Waals surface area contributed by atoms with Gasteiger partial charge in [0.15, 0.2) is 0 Å². The van der Waals surface area contributed by atoms with Crippen LogP contribution in [-0.4, -0.2) is 30.8 Å². The van der Waals surface area contributed by atoms with Crippen molar-refractivity contribution in [2.45, 2.75) is 38.5 Å². The molecule has 0 spiro atoms. The largest absolute Gasteiger partial charge is 0.405 e. The lowest BCUT2D eigenvalue weighted by Crippen LogP contribution is -2.31. The van der Waals surface area contributed by atoms with E-state index >= 15 is 0 Å². The standard InChI is InChI=1S/C13H18F3N3/c1-9-10(7-17-11-4-5-11)3-6-12(18-9)19(2)8-13(14,15)16/h3,6,11,17H,4-5,7-8H2,1-2H3. The van der Waals surface area contributed by atoms with Crippen LogP contribution in [0.1, 0.15) is 24.1 Å². The molecule has 106 valence electrons. The molecule has 1 aromatic heterocycles. The number of nitrogens with one attached hydrogen (secondary N) is 1. The van der Waals surface area contributed by atoms with Gasteiger partial charge in [-0.15, -0.1) is 0 Å². The van der Waals surface area contributed by atoms with Gasteiger partial charge in [0.25, 0.3) is 0 Å². The van der Waals surface area contributed by atoms with Gasteiger partial charge in [0, 0.05) is 25.3 Å². The van der Waals surface area contributed by atoms with Crippen LogP contribution >= 0.6 is 0 Å². The van der Waals surface area contributed by atoms with Crippen molar-refractivity contribution in [2.75, 3.05) is 18.5 Å². The summed E-state index contributed by atoms with van der Waals surface area (Å²) in [5.74, 6) is 0.352. The monoisotopic (exact) mass is 273 g/mol. The molecule has 0 radical (unpaired) electrons. The summed E-state index contributed by atoms with van der Waals surface area (Å²) < 4.78 is 36.9. The van der Waals surface area contributed by atoms with Crippen LogP contribution in [0, 0.1) is 6.92 Å². The van der Waals surface area contributed by atoms with Crippen LogP contribution in [0.3, 0.4) is 0 Å². The number of hydrogen-bond donors (Lipinski definition) is 1. The SMILES string of the molecule is Cc1nc(N(C)CC(F)(F)F)ccc1CNC1CC1. The Hall–Kier alpha value is -1.30. The highest BCUT2D eigenvalue weighted by molar-refractivity contribution is 5.41. The molecule has 1 aromatic rings. The molecule has 0 aromatic carbocycles. The quantitative estimate of drug-likeness (QED) is 0.894. The molecule has 19 heavy (non-hydrogen) atoms. The molecule has 1 aliphatic carbocycles. The first kappa shape index (κ1) is 14.1. The fourth-order valence-corrected chi connectivity index (χ4v) is 1.87. The highest BCUT2D eigenvalue weighted by Gasteiger charge is 2.29. The molecule has 3 nitrogen and oxygen atoms in total. The Balaban J connectivity index is 2.00. The Kier molecular flexibility index (Phi) is 3.99. The molecular weight excluding hydrogens is 255 g/mol. The number of aromatic nitrogens is 1. The molecule has 0 unspecified atom stereocenters. The Labute approximate surface area is 110 Å². The van der Waals surface area contributed by atoms with Gasteiger partial charge in [0.05, 0.1) is 0 Å². The average molecular weight is 273 g/mol. The predicted octanol–water partition coefficient (Wildman–Crippen LogP) is 2.64. The first-order chi connectivity index (χ1) is 8.85. The van der Waals surface area contributed by atoms with E-state index in [2.05, 4.69) is 10.3 Å². The zero-order valence-corrected chi connectivity index (χ0v) is 11.1. The van der Waals surface area contributed by atoms with Gasteiger partial charge in [-0.05, 0) is 31.4 Å². The molecule has 0 amide bonds. The van der Waals surface area contributed by atoms with Gasteiger partial charge in [-0.25, -0.2) is 4.98 Å². The van der Waals surface area contributed by atoms with E-state index in [-0.39, 0.29) is 0 Å². The van der Waals surface area contributed by atoms with E-state index < -0.39 is 12.7 Å². The molecule has 0 aliphatic heterocycles. The van der Waals surface area contributed by atoms with Gasteiger partial charge in [-0.1, -0.05) is 6.07 Å². The smallest absolute Gasteiger partial charge is 0.351 e. The molecule has 1 saturated carbocycles. The fourth-order valence-electron chi connectivity index (χ4n) is 1.87. The maximum Gasteiger partial charge on any atom is 0.405 e. The third kappa shape index (κ3) is 4.38. The molecule has 6 heteroatoms. The lowest BCUT2D eigenvalue weighted by Gasteiger charge is -2.20. The fraction of sp³-hybridized carbons (Fsp3) is 0.615. The summed E-state index contributed by atoms with van der Waals surface area (Å²) in [6, 6.07) is 4.09. The summed E-state index contributed by atoms with van der Waals surface area (Å²) in [6.07, 6.45) is -1.80. The predicted molar refractivity (Wildman–Crippen MR) is 68.2 cm³/mol. The Morgan fingerprint density at radius 2 is 2.05 bits per heavy atom. The number of hydrogen-bond acceptors (Lipinski definition) is 3. The Bertz CT molecular complexity index is 441. The van der Waals surface area contributed by atoms with Crippen LogP contribution in [0.5, 0.6) is 0 Å². The van der Waals surface area contributed by atoms with Gasteiger partial charge >= 0.3 is 6.18 Å². The Morgan fingerprint density at radius 1 is 1.37 bits per heavy atom. The zero-order chi connectivity index (χ0) is 14.0. The van der Waals surface area contributed by atoms with E-state index in [0.29, 0.717) is 11.9 Å². The minimum atomic E-state index is -4.21. The van der Waals surface area contributed by atoms with Crippen molar-refractivity contribution in [3.63, 3.8) is 0 Å². The number of anilines is 1. The van der Waals surface area contributed by atoms with Crippen molar-refractivity contribution in [3.8, 4) is 0 Å². The van der Waals surface area contributed by atoms with E-state index in [1.165, 1.54) is 19.9 Å². The molecule has 1 aliphatic rings. The van der Waals surface area contributed by atoms with E-state index in [1.54, 1.807) is 6.07 Å². The summed E-state index contributed by atoms with van der Waals surface area (Å²) >= 11 is 0. The van der Waals surface area contributed by atoms with E-state index in [4.69, 9.17) is 0 Å². The Morgan fingerprint density at radius 3 is 2.58 bits per heavy atom. The van der Waals surface area contributed by atoms with Gasteiger partial charge < -0.3 is 10.2 Å². The van der Waals surface area contributed by atoms with Crippen LogP contribution < -0.4 is 10.2 Å². The number of alkyl halides is 3. The van der Waals surface area contributed by atoms with Gasteiger partial charge in [-0.2, -0.15) is 13.2 Å². The number of pyridine rings is 1. The van der Waals surface area contributed by atoms with E-state index in [1.807, 2.05) is 13.0 Å². The maximum atomic E-state index is 12.3. The maximum absolute atomic E-state index is 12.3. The number of halogens is 3. The average Bonchev–Trinajstić information content (AvgIpc) is 3.08. The normalized spacial score (nSPS) is 15.6. The molecule has 2 rings (SSSR count). The molecule has 1 N–H and O–H groups in total. The number of nitrogens with zero attached hydrogens (tertiary/aromatic N) is 2. The van der Waals surface area contributed by atoms with Gasteiger partial charge in [0.2, 0.25) is 0 Å². The van der Waals surface area contributed by atoms with Crippen molar-refractivity contribution in [1.29, 1.82) is 0 Å². The summed E-state index contributed by atoms with van der Waals surface area (Å²) in [7, 11) is 1.40. The van der Waals surface area contributed by atoms with Gasteiger partial charge in [0.1, 0.15) is 12.4 Å². The molecule has 1 fully saturated rings. The second-order valence-corrected chi connectivity index (χ2v) is 5.04. The van der Waals surface area contributed by atoms with Crippen LogP contribution in [-0.2, 0) is 6.54 Å². The zero-order valence-electron chi connectivity index (χ0n) is 11.1. The minimum absolute atomic E-state index is 0.352. The van der Waals surface area contributed by atoms with Crippen LogP contribution in [0.15, 0.2) is 12.1 Å². The third-order valence-electron chi connectivity index (χ3n) is 3.15.